The Bertz CT molecular complexity index is 2260. The maximum absolute atomic E-state index is 17.1. The summed E-state index contributed by atoms with van der Waals surface area (Å²) in [6, 6.07) is 15.8. The molecule has 1 aliphatic carbocycles. The van der Waals surface area contributed by atoms with E-state index in [0.29, 0.717) is 34.5 Å². The van der Waals surface area contributed by atoms with Gasteiger partial charge < -0.3 is 19.1 Å². The van der Waals surface area contributed by atoms with Crippen molar-refractivity contribution in [1.29, 1.82) is 5.26 Å². The van der Waals surface area contributed by atoms with Crippen molar-refractivity contribution in [3.8, 4) is 17.2 Å². The van der Waals surface area contributed by atoms with Gasteiger partial charge in [0.05, 0.1) is 39.8 Å². The fraction of sp³-hybridized carbons (Fsp3) is 0.314. The van der Waals surface area contributed by atoms with E-state index >= 15 is 4.39 Å². The minimum atomic E-state index is -0.954. The van der Waals surface area contributed by atoms with Gasteiger partial charge in [0.15, 0.2) is 5.82 Å². The van der Waals surface area contributed by atoms with Crippen molar-refractivity contribution in [3.63, 3.8) is 0 Å². The van der Waals surface area contributed by atoms with Crippen molar-refractivity contribution in [2.24, 2.45) is 5.92 Å². The van der Waals surface area contributed by atoms with Gasteiger partial charge in [-0.15, -0.1) is 11.8 Å². The number of fused-ring (bicyclic) bond motifs is 5. The average Bonchev–Trinajstić information content (AvgIpc) is 3.84. The van der Waals surface area contributed by atoms with E-state index in [2.05, 4.69) is 16.7 Å². The molecule has 1 amide bonds. The highest BCUT2D eigenvalue weighted by Crippen LogP contribution is 2.54. The van der Waals surface area contributed by atoms with Gasteiger partial charge >= 0.3 is 6.09 Å². The van der Waals surface area contributed by atoms with Gasteiger partial charge in [-0.3, -0.25) is 4.79 Å². The molecule has 4 atom stereocenters. The molecule has 1 N–H and O–H groups in total. The number of thioether (sulfide) groups is 1. The normalized spacial score (nSPS) is 21.3. The molecule has 1 saturated carbocycles. The van der Waals surface area contributed by atoms with Crippen molar-refractivity contribution in [3.05, 3.63) is 91.7 Å². The Labute approximate surface area is 283 Å². The number of carboxylic acid groups (broad SMARTS) is 1. The van der Waals surface area contributed by atoms with E-state index in [1.54, 1.807) is 30.3 Å². The van der Waals surface area contributed by atoms with Crippen LogP contribution in [0.3, 0.4) is 0 Å². The molecular formula is C35H28Cl2FN5O3S. The van der Waals surface area contributed by atoms with Crippen LogP contribution in [-0.2, 0) is 12.8 Å². The predicted octanol–water partition coefficient (Wildman–Crippen LogP) is 8.10. The highest BCUT2D eigenvalue weighted by atomic mass is 35.5. The van der Waals surface area contributed by atoms with Gasteiger partial charge in [-0.25, -0.2) is 14.2 Å². The van der Waals surface area contributed by atoms with Crippen LogP contribution in [-0.4, -0.2) is 49.1 Å². The number of nitrogens with zero attached hydrogens (tertiary/aromatic N) is 5. The van der Waals surface area contributed by atoms with Gasteiger partial charge in [0, 0.05) is 58.2 Å². The molecule has 12 heteroatoms. The Balaban J connectivity index is 1.47. The zero-order chi connectivity index (χ0) is 32.7. The lowest BCUT2D eigenvalue weighted by Crippen LogP contribution is -2.43. The van der Waals surface area contributed by atoms with Crippen LogP contribution in [0.4, 0.5) is 9.18 Å². The number of rotatable bonds is 6. The van der Waals surface area contributed by atoms with Crippen molar-refractivity contribution < 1.29 is 14.3 Å². The smallest absolute Gasteiger partial charge is 0.407 e. The first-order valence-electron chi connectivity index (χ1n) is 15.5. The van der Waals surface area contributed by atoms with Gasteiger partial charge in [0.1, 0.15) is 10.5 Å². The molecule has 3 aromatic heterocycles. The van der Waals surface area contributed by atoms with Crippen LogP contribution in [0.15, 0.2) is 58.4 Å². The molecule has 1 unspecified atom stereocenters. The second kappa shape index (κ2) is 11.3. The molecule has 0 spiro atoms. The fourth-order valence-corrected chi connectivity index (χ4v) is 9.18. The Kier molecular flexibility index (Phi) is 7.28. The Hall–Kier alpha value is -4.04. The number of hydrogen-bond donors (Lipinski definition) is 1. The number of aryl methyl sites for hydroxylation is 2. The Morgan fingerprint density at radius 1 is 1.17 bits per heavy atom. The second-order valence-electron chi connectivity index (χ2n) is 12.5. The van der Waals surface area contributed by atoms with E-state index in [1.807, 2.05) is 23.0 Å². The minimum absolute atomic E-state index is 0.0761. The lowest BCUT2D eigenvalue weighted by Gasteiger charge is -2.39. The highest BCUT2D eigenvalue weighted by molar-refractivity contribution is 7.98. The number of aromatic nitrogens is 3. The molecular weight excluding hydrogens is 660 g/mol. The molecule has 9 rings (SSSR count). The Morgan fingerprint density at radius 3 is 2.72 bits per heavy atom. The zero-order valence-electron chi connectivity index (χ0n) is 25.2. The van der Waals surface area contributed by atoms with Crippen molar-refractivity contribution >= 4 is 62.9 Å². The SMILES string of the molecule is CSc1nc2c(F)c(-c3cccc(Cl)c3Cl)c(CCC#N)cc2c2c1cc(C1CCc3cccc(=O)n31)n2[C@H]1[C@@H]2C[C@H]1N(C(=O)O)C2. The summed E-state index contributed by atoms with van der Waals surface area (Å²) in [5, 5.41) is 22.1. The molecule has 2 bridgehead atoms. The summed E-state index contributed by atoms with van der Waals surface area (Å²) in [7, 11) is 0. The molecule has 47 heavy (non-hydrogen) atoms. The van der Waals surface area contributed by atoms with E-state index in [1.165, 1.54) is 16.7 Å². The van der Waals surface area contributed by atoms with E-state index in [-0.39, 0.29) is 63.6 Å². The number of halogens is 3. The third-order valence-electron chi connectivity index (χ3n) is 10.2. The van der Waals surface area contributed by atoms with Crippen molar-refractivity contribution in [2.45, 2.75) is 55.3 Å². The second-order valence-corrected chi connectivity index (χ2v) is 14.1. The van der Waals surface area contributed by atoms with Crippen LogP contribution in [0.25, 0.3) is 32.9 Å². The van der Waals surface area contributed by atoms with Crippen LogP contribution in [0, 0.1) is 23.1 Å². The summed E-state index contributed by atoms with van der Waals surface area (Å²) in [5.74, 6) is -0.482. The molecule has 4 aliphatic rings. The lowest BCUT2D eigenvalue weighted by atomic mass is 9.79. The molecule has 5 aromatic rings. The minimum Gasteiger partial charge on any atom is -0.465 e. The monoisotopic (exact) mass is 687 g/mol. The van der Waals surface area contributed by atoms with E-state index in [4.69, 9.17) is 28.2 Å². The zero-order valence-corrected chi connectivity index (χ0v) is 27.5. The average molecular weight is 689 g/mol. The van der Waals surface area contributed by atoms with Crippen molar-refractivity contribution in [1.82, 2.24) is 19.0 Å². The molecule has 6 heterocycles. The van der Waals surface area contributed by atoms with E-state index in [0.717, 1.165) is 35.1 Å². The number of nitriles is 1. The third kappa shape index (κ3) is 4.43. The standard InChI is InChI=1S/C35H28Cl2FN5O3S/c1-47-34-22-15-25(24-11-10-19-6-2-9-27(44)42(19)24)43(32-18-14-26(32)41(16-18)35(45)46)33(22)21-13-17(5-4-12-39)28(30(38)31(21)40-34)20-7-3-8-23(36)29(20)37/h2-3,6-9,13,15,18,24,26,32H,4-5,10-11,14,16H2,1H3,(H,45,46)/t18-,24?,26-,32+/m1/s1. The molecule has 2 aromatic carbocycles. The van der Waals surface area contributed by atoms with Crippen molar-refractivity contribution in [2.75, 3.05) is 12.8 Å². The summed E-state index contributed by atoms with van der Waals surface area (Å²) in [6.07, 6.45) is 3.55. The largest absolute Gasteiger partial charge is 0.465 e. The predicted molar refractivity (Wildman–Crippen MR) is 181 cm³/mol. The first-order valence-corrected chi connectivity index (χ1v) is 17.5. The number of pyridine rings is 2. The van der Waals surface area contributed by atoms with Gasteiger partial charge in [0.2, 0.25) is 0 Å². The molecule has 8 nitrogen and oxygen atoms in total. The van der Waals surface area contributed by atoms with Gasteiger partial charge in [-0.1, -0.05) is 41.4 Å². The van der Waals surface area contributed by atoms with E-state index in [9.17, 15) is 20.0 Å². The highest BCUT2D eigenvalue weighted by Gasteiger charge is 2.56. The summed E-state index contributed by atoms with van der Waals surface area (Å²) in [4.78, 5) is 31.9. The van der Waals surface area contributed by atoms with Crippen LogP contribution in [0.1, 0.15) is 48.3 Å². The van der Waals surface area contributed by atoms with Crippen LogP contribution < -0.4 is 5.56 Å². The fourth-order valence-electron chi connectivity index (χ4n) is 8.22. The molecule has 0 radical (unpaired) electrons. The van der Waals surface area contributed by atoms with Crippen LogP contribution >= 0.6 is 35.0 Å². The van der Waals surface area contributed by atoms with Crippen LogP contribution in [0.5, 0.6) is 0 Å². The van der Waals surface area contributed by atoms with E-state index < -0.39 is 11.9 Å². The summed E-state index contributed by atoms with van der Waals surface area (Å²) in [5.41, 5.74) is 3.95. The molecule has 3 fully saturated rings. The number of hydrogen-bond acceptors (Lipinski definition) is 5. The van der Waals surface area contributed by atoms with Gasteiger partial charge in [0.25, 0.3) is 5.56 Å². The number of benzene rings is 2. The first-order chi connectivity index (χ1) is 22.7. The number of carbonyl (C=O) groups is 1. The topological polar surface area (TPSA) is 104 Å². The summed E-state index contributed by atoms with van der Waals surface area (Å²) in [6.45, 7) is 0.419. The molecule has 2 saturated heterocycles. The third-order valence-corrected chi connectivity index (χ3v) is 11.7. The summed E-state index contributed by atoms with van der Waals surface area (Å²) < 4.78 is 21.2. The van der Waals surface area contributed by atoms with Gasteiger partial charge in [-0.05, 0) is 61.8 Å². The quantitative estimate of drug-likeness (QED) is 0.181. The first kappa shape index (κ1) is 30.3. The Morgan fingerprint density at radius 2 is 1.98 bits per heavy atom. The van der Waals surface area contributed by atoms with Crippen LogP contribution in [0.2, 0.25) is 10.0 Å². The maximum Gasteiger partial charge on any atom is 0.407 e. The molecule has 3 aliphatic heterocycles. The maximum atomic E-state index is 17.1. The molecule has 238 valence electrons. The lowest BCUT2D eigenvalue weighted by molar-refractivity contribution is 0.123. The van der Waals surface area contributed by atoms with Gasteiger partial charge in [-0.2, -0.15) is 5.26 Å². The summed E-state index contributed by atoms with van der Waals surface area (Å²) >= 11 is 14.4. The number of amides is 1.